The number of carboxylic acid groups (broad SMARTS) is 1. The zero-order valence-electron chi connectivity index (χ0n) is 9.71. The molecule has 0 bridgehead atoms. The second-order valence-corrected chi connectivity index (χ2v) is 5.99. The molecule has 0 amide bonds. The number of aromatic nitrogens is 1. The zero-order valence-corrected chi connectivity index (χ0v) is 11.3. The van der Waals surface area contributed by atoms with Crippen LogP contribution < -0.4 is 11.1 Å². The molecule has 1 atom stereocenters. The SMILES string of the molecule is Cc1ccc(CNc2nc(C(N)C(=O)O)cs2)s1. The van der Waals surface area contributed by atoms with Crippen LogP contribution in [-0.2, 0) is 11.3 Å². The number of hydrogen-bond donors (Lipinski definition) is 3. The molecule has 2 heterocycles. The first-order chi connectivity index (χ1) is 8.56. The molecule has 0 aromatic carbocycles. The van der Waals surface area contributed by atoms with Crippen molar-refractivity contribution >= 4 is 33.8 Å². The quantitative estimate of drug-likeness (QED) is 0.783. The van der Waals surface area contributed by atoms with Gasteiger partial charge in [0, 0.05) is 15.1 Å². The number of aryl methyl sites for hydroxylation is 1. The van der Waals surface area contributed by atoms with E-state index in [1.54, 1.807) is 16.7 Å². The number of nitrogens with zero attached hydrogens (tertiary/aromatic N) is 1. The topological polar surface area (TPSA) is 88.2 Å². The van der Waals surface area contributed by atoms with E-state index < -0.39 is 12.0 Å². The molecule has 0 spiro atoms. The zero-order chi connectivity index (χ0) is 13.1. The van der Waals surface area contributed by atoms with E-state index in [4.69, 9.17) is 10.8 Å². The summed E-state index contributed by atoms with van der Waals surface area (Å²) in [7, 11) is 0. The lowest BCUT2D eigenvalue weighted by Crippen LogP contribution is -2.20. The summed E-state index contributed by atoms with van der Waals surface area (Å²) in [6, 6.07) is 3.07. The highest BCUT2D eigenvalue weighted by Crippen LogP contribution is 2.22. The van der Waals surface area contributed by atoms with E-state index in [1.807, 2.05) is 0 Å². The average Bonchev–Trinajstić information content (AvgIpc) is 2.94. The number of thiophene rings is 1. The Kier molecular flexibility index (Phi) is 3.95. The molecule has 2 aromatic heterocycles. The summed E-state index contributed by atoms with van der Waals surface area (Å²) in [5.74, 6) is -1.07. The van der Waals surface area contributed by atoms with Gasteiger partial charge in [-0.3, -0.25) is 4.79 Å². The maximum Gasteiger partial charge on any atom is 0.326 e. The van der Waals surface area contributed by atoms with Crippen molar-refractivity contribution in [3.63, 3.8) is 0 Å². The van der Waals surface area contributed by atoms with Gasteiger partial charge in [-0.05, 0) is 19.1 Å². The third kappa shape index (κ3) is 3.06. The minimum Gasteiger partial charge on any atom is -0.480 e. The van der Waals surface area contributed by atoms with Crippen molar-refractivity contribution in [2.24, 2.45) is 5.73 Å². The number of rotatable bonds is 5. The maximum atomic E-state index is 10.7. The van der Waals surface area contributed by atoms with E-state index in [1.165, 1.54) is 21.1 Å². The van der Waals surface area contributed by atoms with Crippen molar-refractivity contribution in [1.29, 1.82) is 0 Å². The molecule has 0 radical (unpaired) electrons. The third-order valence-electron chi connectivity index (χ3n) is 2.32. The van der Waals surface area contributed by atoms with Crippen molar-refractivity contribution < 1.29 is 9.90 Å². The minimum absolute atomic E-state index is 0.386. The van der Waals surface area contributed by atoms with Crippen molar-refractivity contribution in [2.45, 2.75) is 19.5 Å². The highest BCUT2D eigenvalue weighted by molar-refractivity contribution is 7.14. The van der Waals surface area contributed by atoms with Gasteiger partial charge in [-0.15, -0.1) is 22.7 Å². The molecule has 96 valence electrons. The van der Waals surface area contributed by atoms with E-state index in [9.17, 15) is 4.79 Å². The lowest BCUT2D eigenvalue weighted by molar-refractivity contribution is -0.138. The van der Waals surface area contributed by atoms with E-state index in [0.717, 1.165) is 0 Å². The Hall–Kier alpha value is -1.44. The summed E-state index contributed by atoms with van der Waals surface area (Å²) in [4.78, 5) is 17.3. The molecule has 5 nitrogen and oxygen atoms in total. The molecule has 0 saturated carbocycles. The number of hydrogen-bond acceptors (Lipinski definition) is 6. The van der Waals surface area contributed by atoms with Gasteiger partial charge in [-0.2, -0.15) is 0 Å². The first-order valence-electron chi connectivity index (χ1n) is 5.29. The molecule has 18 heavy (non-hydrogen) atoms. The number of nitrogens with one attached hydrogen (secondary N) is 1. The lowest BCUT2D eigenvalue weighted by atomic mass is 10.2. The summed E-state index contributed by atoms with van der Waals surface area (Å²) in [6.45, 7) is 2.75. The molecule has 2 aromatic rings. The molecule has 4 N–H and O–H groups in total. The summed E-state index contributed by atoms with van der Waals surface area (Å²) >= 11 is 3.08. The summed E-state index contributed by atoms with van der Waals surface area (Å²) < 4.78 is 0. The fourth-order valence-corrected chi connectivity index (χ4v) is 2.95. The molecular formula is C11H13N3O2S2. The van der Waals surface area contributed by atoms with Crippen molar-refractivity contribution in [2.75, 3.05) is 5.32 Å². The first kappa shape index (κ1) is 13.0. The standard InChI is InChI=1S/C11H13N3O2S2/c1-6-2-3-7(18-6)4-13-11-14-8(5-17-11)9(12)10(15)16/h2-3,5,9H,4,12H2,1H3,(H,13,14)(H,15,16). The number of thiazole rings is 1. The first-order valence-corrected chi connectivity index (χ1v) is 6.99. The fraction of sp³-hybridized carbons (Fsp3) is 0.273. The largest absolute Gasteiger partial charge is 0.480 e. The normalized spacial score (nSPS) is 12.3. The number of anilines is 1. The number of aliphatic carboxylic acids is 1. The Morgan fingerprint density at radius 3 is 3.00 bits per heavy atom. The Morgan fingerprint density at radius 2 is 2.39 bits per heavy atom. The van der Waals surface area contributed by atoms with Crippen molar-refractivity contribution in [1.82, 2.24) is 4.98 Å². The number of carboxylic acids is 1. The Labute approximate surface area is 112 Å². The van der Waals surface area contributed by atoms with Crippen LogP contribution in [0.4, 0.5) is 5.13 Å². The summed E-state index contributed by atoms with van der Waals surface area (Å²) in [5.41, 5.74) is 5.87. The van der Waals surface area contributed by atoms with Gasteiger partial charge in [-0.1, -0.05) is 0 Å². The molecule has 0 aliphatic heterocycles. The van der Waals surface area contributed by atoms with E-state index in [2.05, 4.69) is 29.4 Å². The van der Waals surface area contributed by atoms with E-state index in [-0.39, 0.29) is 0 Å². The molecular weight excluding hydrogens is 270 g/mol. The highest BCUT2D eigenvalue weighted by atomic mass is 32.1. The highest BCUT2D eigenvalue weighted by Gasteiger charge is 2.17. The van der Waals surface area contributed by atoms with Gasteiger partial charge in [0.25, 0.3) is 0 Å². The van der Waals surface area contributed by atoms with Crippen LogP contribution in [0.1, 0.15) is 21.5 Å². The van der Waals surface area contributed by atoms with Gasteiger partial charge in [0.2, 0.25) is 0 Å². The third-order valence-corrected chi connectivity index (χ3v) is 4.14. The van der Waals surface area contributed by atoms with Crippen LogP contribution >= 0.6 is 22.7 Å². The van der Waals surface area contributed by atoms with Gasteiger partial charge in [0.1, 0.15) is 6.04 Å². The molecule has 0 aliphatic carbocycles. The average molecular weight is 283 g/mol. The fourth-order valence-electron chi connectivity index (χ4n) is 1.38. The molecule has 0 saturated heterocycles. The summed E-state index contributed by atoms with van der Waals surface area (Å²) in [6.07, 6.45) is 0. The Morgan fingerprint density at radius 1 is 1.61 bits per heavy atom. The second-order valence-electron chi connectivity index (χ2n) is 3.76. The second kappa shape index (κ2) is 5.47. The van der Waals surface area contributed by atoms with Gasteiger partial charge in [0.15, 0.2) is 5.13 Å². The molecule has 0 fully saturated rings. The van der Waals surface area contributed by atoms with Crippen LogP contribution in [0.5, 0.6) is 0 Å². The van der Waals surface area contributed by atoms with Crippen LogP contribution in [0.25, 0.3) is 0 Å². The van der Waals surface area contributed by atoms with Crippen LogP contribution in [0.2, 0.25) is 0 Å². The molecule has 1 unspecified atom stereocenters. The van der Waals surface area contributed by atoms with E-state index >= 15 is 0 Å². The van der Waals surface area contributed by atoms with Crippen molar-refractivity contribution in [3.05, 3.63) is 33.0 Å². The van der Waals surface area contributed by atoms with Gasteiger partial charge < -0.3 is 16.2 Å². The van der Waals surface area contributed by atoms with Crippen LogP contribution in [0, 0.1) is 6.92 Å². The predicted octanol–water partition coefficient (Wildman–Crippen LogP) is 2.21. The monoisotopic (exact) mass is 283 g/mol. The number of nitrogens with two attached hydrogens (primary N) is 1. The maximum absolute atomic E-state index is 10.7. The minimum atomic E-state index is -1.07. The van der Waals surface area contributed by atoms with Crippen molar-refractivity contribution in [3.8, 4) is 0 Å². The summed E-state index contributed by atoms with van der Waals surface area (Å²) in [5, 5.41) is 14.3. The van der Waals surface area contributed by atoms with Gasteiger partial charge in [0.05, 0.1) is 12.2 Å². The van der Waals surface area contributed by atoms with Gasteiger partial charge in [-0.25, -0.2) is 4.98 Å². The molecule has 2 rings (SSSR count). The van der Waals surface area contributed by atoms with E-state index in [0.29, 0.717) is 17.4 Å². The van der Waals surface area contributed by atoms with Crippen LogP contribution in [0.3, 0.4) is 0 Å². The Bertz CT molecular complexity index is 550. The Balaban J connectivity index is 1.96. The van der Waals surface area contributed by atoms with Gasteiger partial charge >= 0.3 is 5.97 Å². The number of carbonyl (C=O) groups is 1. The smallest absolute Gasteiger partial charge is 0.326 e. The molecule has 0 aliphatic rings. The molecule has 7 heteroatoms. The van der Waals surface area contributed by atoms with Crippen LogP contribution in [0.15, 0.2) is 17.5 Å². The lowest BCUT2D eigenvalue weighted by Gasteiger charge is -2.01. The predicted molar refractivity (Wildman–Crippen MR) is 73.1 cm³/mol. The van der Waals surface area contributed by atoms with Crippen LogP contribution in [-0.4, -0.2) is 16.1 Å².